The maximum atomic E-state index is 13.7. The van der Waals surface area contributed by atoms with E-state index in [1.54, 1.807) is 0 Å². The van der Waals surface area contributed by atoms with Crippen molar-refractivity contribution in [1.29, 1.82) is 0 Å². The number of nitrogen functional groups attached to an aromatic ring is 1. The fourth-order valence-electron chi connectivity index (χ4n) is 1.90. The van der Waals surface area contributed by atoms with E-state index in [1.807, 2.05) is 0 Å². The molecule has 0 radical (unpaired) electrons. The molecule has 2 aromatic heterocycles. The summed E-state index contributed by atoms with van der Waals surface area (Å²) in [5, 5.41) is -0.0433. The highest BCUT2D eigenvalue weighted by Crippen LogP contribution is 2.31. The fraction of sp³-hybridized carbons (Fsp3) is 0. The number of nitrogens with zero attached hydrogens (tertiary/aromatic N) is 1. The molecule has 96 valence electrons. The van der Waals surface area contributed by atoms with E-state index in [0.717, 1.165) is 18.4 Å². The Morgan fingerprint density at radius 3 is 2.63 bits per heavy atom. The third-order valence-corrected chi connectivity index (χ3v) is 2.69. The molecular weight excluding hydrogens is 256 g/mol. The maximum Gasteiger partial charge on any atom is 0.264 e. The summed E-state index contributed by atoms with van der Waals surface area (Å²) in [7, 11) is 0. The molecule has 0 fully saturated rings. The van der Waals surface area contributed by atoms with Crippen LogP contribution in [0.5, 0.6) is 0 Å². The van der Waals surface area contributed by atoms with Crippen molar-refractivity contribution in [3.8, 4) is 11.1 Å². The van der Waals surface area contributed by atoms with Crippen LogP contribution in [0, 0.1) is 11.6 Å². The highest BCUT2D eigenvalue weighted by atomic mass is 19.1. The lowest BCUT2D eigenvalue weighted by atomic mass is 10.1. The van der Waals surface area contributed by atoms with Crippen LogP contribution in [0.25, 0.3) is 22.2 Å². The van der Waals surface area contributed by atoms with Crippen molar-refractivity contribution in [1.82, 2.24) is 9.97 Å². The van der Waals surface area contributed by atoms with Gasteiger partial charge in [-0.2, -0.15) is 4.98 Å². The van der Waals surface area contributed by atoms with E-state index in [0.29, 0.717) is 0 Å². The number of benzene rings is 1. The number of aromatic amines is 1. The molecule has 0 aliphatic heterocycles. The van der Waals surface area contributed by atoms with Gasteiger partial charge in [0.25, 0.3) is 5.56 Å². The normalized spacial score (nSPS) is 11.1. The van der Waals surface area contributed by atoms with E-state index >= 15 is 0 Å². The topological polar surface area (TPSA) is 84.9 Å². The first-order valence-corrected chi connectivity index (χ1v) is 5.29. The van der Waals surface area contributed by atoms with Gasteiger partial charge in [0.05, 0.1) is 5.56 Å². The highest BCUT2D eigenvalue weighted by Gasteiger charge is 2.19. The summed E-state index contributed by atoms with van der Waals surface area (Å²) < 4.78 is 32.5. The number of aromatic nitrogens is 2. The van der Waals surface area contributed by atoms with Gasteiger partial charge >= 0.3 is 0 Å². The SMILES string of the molecule is Nc1nc2occ(-c3c(F)cccc3F)c2c(=O)[nH]1. The van der Waals surface area contributed by atoms with E-state index in [9.17, 15) is 13.6 Å². The Labute approximate surface area is 104 Å². The van der Waals surface area contributed by atoms with Gasteiger partial charge in [0.15, 0.2) is 0 Å². The maximum absolute atomic E-state index is 13.7. The Hall–Kier alpha value is -2.70. The number of H-pyrrole nitrogens is 1. The van der Waals surface area contributed by atoms with E-state index in [2.05, 4.69) is 9.97 Å². The van der Waals surface area contributed by atoms with E-state index < -0.39 is 17.2 Å². The molecule has 2 heterocycles. The molecule has 0 aliphatic rings. The summed E-state index contributed by atoms with van der Waals surface area (Å²) in [5.74, 6) is -1.72. The lowest BCUT2D eigenvalue weighted by molar-refractivity contribution is 0.584. The summed E-state index contributed by atoms with van der Waals surface area (Å²) in [5.41, 5.74) is 4.33. The predicted octanol–water partition coefficient (Wildman–Crippen LogP) is 2.04. The molecule has 0 aliphatic carbocycles. The molecule has 19 heavy (non-hydrogen) atoms. The van der Waals surface area contributed by atoms with Gasteiger partial charge < -0.3 is 10.2 Å². The molecular formula is C12H7F2N3O2. The monoisotopic (exact) mass is 263 g/mol. The molecule has 3 N–H and O–H groups in total. The summed E-state index contributed by atoms with van der Waals surface area (Å²) in [6, 6.07) is 3.42. The van der Waals surface area contributed by atoms with Crippen LogP contribution in [0.4, 0.5) is 14.7 Å². The average molecular weight is 263 g/mol. The Bertz CT molecular complexity index is 818. The fourth-order valence-corrected chi connectivity index (χ4v) is 1.90. The van der Waals surface area contributed by atoms with Gasteiger partial charge in [-0.15, -0.1) is 0 Å². The molecule has 0 unspecified atom stereocenters. The van der Waals surface area contributed by atoms with Gasteiger partial charge in [-0.25, -0.2) is 8.78 Å². The molecule has 3 aromatic rings. The Balaban J connectivity index is 2.42. The minimum atomic E-state index is -0.793. The van der Waals surface area contributed by atoms with Crippen molar-refractivity contribution in [2.45, 2.75) is 0 Å². The molecule has 5 nitrogen and oxygen atoms in total. The van der Waals surface area contributed by atoms with Crippen LogP contribution in [0.2, 0.25) is 0 Å². The van der Waals surface area contributed by atoms with E-state index in [-0.39, 0.29) is 28.2 Å². The zero-order valence-electron chi connectivity index (χ0n) is 9.41. The third kappa shape index (κ3) is 1.67. The second-order valence-corrected chi connectivity index (χ2v) is 3.88. The van der Waals surface area contributed by atoms with Crippen molar-refractivity contribution in [3.05, 3.63) is 46.5 Å². The zero-order valence-corrected chi connectivity index (χ0v) is 9.41. The Morgan fingerprint density at radius 2 is 1.95 bits per heavy atom. The van der Waals surface area contributed by atoms with Crippen molar-refractivity contribution in [3.63, 3.8) is 0 Å². The Kier molecular flexibility index (Phi) is 2.34. The number of anilines is 1. The summed E-state index contributed by atoms with van der Waals surface area (Å²) in [6.07, 6.45) is 1.08. The number of nitrogens with two attached hydrogens (primary N) is 1. The highest BCUT2D eigenvalue weighted by molar-refractivity contribution is 5.92. The number of fused-ring (bicyclic) bond motifs is 1. The van der Waals surface area contributed by atoms with Crippen LogP contribution >= 0.6 is 0 Å². The van der Waals surface area contributed by atoms with Crippen molar-refractivity contribution >= 4 is 17.0 Å². The molecule has 0 atom stereocenters. The molecule has 0 saturated heterocycles. The summed E-state index contributed by atoms with van der Waals surface area (Å²) in [4.78, 5) is 17.8. The van der Waals surface area contributed by atoms with Crippen molar-refractivity contribution < 1.29 is 13.2 Å². The van der Waals surface area contributed by atoms with Crippen LogP contribution in [-0.2, 0) is 0 Å². The van der Waals surface area contributed by atoms with Crippen LogP contribution < -0.4 is 11.3 Å². The molecule has 0 bridgehead atoms. The lowest BCUT2D eigenvalue weighted by Gasteiger charge is -2.01. The standard InChI is InChI=1S/C12H7F2N3O2/c13-6-2-1-3-7(14)8(6)5-4-19-11-9(5)10(18)16-12(15)17-11/h1-4H,(H3,15,16,17,18). The predicted molar refractivity (Wildman–Crippen MR) is 64.4 cm³/mol. The van der Waals surface area contributed by atoms with Crippen molar-refractivity contribution in [2.24, 2.45) is 0 Å². The van der Waals surface area contributed by atoms with Gasteiger partial charge in [0.1, 0.15) is 23.3 Å². The minimum absolute atomic E-state index is 0.000602. The third-order valence-electron chi connectivity index (χ3n) is 2.69. The smallest absolute Gasteiger partial charge is 0.264 e. The van der Waals surface area contributed by atoms with Crippen molar-refractivity contribution in [2.75, 3.05) is 5.73 Å². The number of rotatable bonds is 1. The molecule has 0 amide bonds. The second-order valence-electron chi connectivity index (χ2n) is 3.88. The van der Waals surface area contributed by atoms with Crippen LogP contribution in [-0.4, -0.2) is 9.97 Å². The minimum Gasteiger partial charge on any atom is -0.445 e. The van der Waals surface area contributed by atoms with Gasteiger partial charge in [-0.1, -0.05) is 6.07 Å². The number of furan rings is 1. The first-order valence-electron chi connectivity index (χ1n) is 5.29. The van der Waals surface area contributed by atoms with Crippen LogP contribution in [0.1, 0.15) is 0 Å². The lowest BCUT2D eigenvalue weighted by Crippen LogP contribution is -2.10. The number of hydrogen-bond donors (Lipinski definition) is 2. The zero-order chi connectivity index (χ0) is 13.6. The van der Waals surface area contributed by atoms with Crippen LogP contribution in [0.15, 0.2) is 33.7 Å². The number of nitrogens with one attached hydrogen (secondary N) is 1. The number of halogens is 2. The van der Waals surface area contributed by atoms with Gasteiger partial charge in [0, 0.05) is 5.56 Å². The first kappa shape index (κ1) is 11.4. The molecule has 0 saturated carbocycles. The van der Waals surface area contributed by atoms with Gasteiger partial charge in [-0.05, 0) is 12.1 Å². The molecule has 0 spiro atoms. The summed E-state index contributed by atoms with van der Waals surface area (Å²) >= 11 is 0. The first-order chi connectivity index (χ1) is 9.08. The largest absolute Gasteiger partial charge is 0.445 e. The quantitative estimate of drug-likeness (QED) is 0.703. The van der Waals surface area contributed by atoms with Crippen LogP contribution in [0.3, 0.4) is 0 Å². The second kappa shape index (κ2) is 3.91. The Morgan fingerprint density at radius 1 is 1.26 bits per heavy atom. The molecule has 3 rings (SSSR count). The van der Waals surface area contributed by atoms with Gasteiger partial charge in [0.2, 0.25) is 11.7 Å². The van der Waals surface area contributed by atoms with E-state index in [4.69, 9.17) is 10.2 Å². The average Bonchev–Trinajstić information content (AvgIpc) is 2.72. The molecule has 7 heteroatoms. The molecule has 1 aromatic carbocycles. The van der Waals surface area contributed by atoms with E-state index in [1.165, 1.54) is 6.07 Å². The van der Waals surface area contributed by atoms with Gasteiger partial charge in [-0.3, -0.25) is 9.78 Å². The summed E-state index contributed by atoms with van der Waals surface area (Å²) in [6.45, 7) is 0. The number of hydrogen-bond acceptors (Lipinski definition) is 4.